The van der Waals surface area contributed by atoms with Crippen LogP contribution < -0.4 is 5.73 Å². The van der Waals surface area contributed by atoms with Crippen LogP contribution in [0.1, 0.15) is 40.5 Å². The second kappa shape index (κ2) is 6.66. The van der Waals surface area contributed by atoms with E-state index in [1.165, 1.54) is 0 Å². The van der Waals surface area contributed by atoms with Crippen LogP contribution in [0, 0.1) is 5.92 Å². The van der Waals surface area contributed by atoms with E-state index in [2.05, 4.69) is 18.7 Å². The van der Waals surface area contributed by atoms with Crippen LogP contribution >= 0.6 is 12.2 Å². The van der Waals surface area contributed by atoms with Gasteiger partial charge in [0.15, 0.2) is 0 Å². The van der Waals surface area contributed by atoms with E-state index in [0.29, 0.717) is 17.3 Å². The molecule has 1 aliphatic heterocycles. The average Bonchev–Trinajstić information content (AvgIpc) is 2.38. The summed E-state index contributed by atoms with van der Waals surface area (Å²) in [6, 6.07) is 0. The molecular weight excluding hydrogens is 258 g/mol. The fraction of sp³-hybridized carbons (Fsp3) is 0.857. The summed E-state index contributed by atoms with van der Waals surface area (Å²) in [6.45, 7) is 11.6. The highest BCUT2D eigenvalue weighted by Crippen LogP contribution is 2.18. The smallest absolute Gasteiger partial charge is 0.222 e. The van der Waals surface area contributed by atoms with Crippen molar-refractivity contribution in [2.75, 3.05) is 26.2 Å². The molecule has 1 rings (SSSR count). The lowest BCUT2D eigenvalue weighted by Gasteiger charge is -2.43. The molecule has 1 aliphatic rings. The molecule has 0 aliphatic carbocycles. The molecule has 4 nitrogen and oxygen atoms in total. The number of hydrogen-bond donors (Lipinski definition) is 1. The van der Waals surface area contributed by atoms with Crippen LogP contribution in [0.15, 0.2) is 0 Å². The molecule has 110 valence electrons. The van der Waals surface area contributed by atoms with E-state index < -0.39 is 0 Å². The molecule has 0 saturated carbocycles. The summed E-state index contributed by atoms with van der Waals surface area (Å²) in [5.74, 6) is 0.751. The first-order valence-electron chi connectivity index (χ1n) is 7.11. The maximum absolute atomic E-state index is 12.1. The van der Waals surface area contributed by atoms with Crippen molar-refractivity contribution in [1.29, 1.82) is 0 Å². The number of piperazine rings is 1. The Morgan fingerprint density at radius 3 is 2.26 bits per heavy atom. The first kappa shape index (κ1) is 16.4. The molecule has 0 aromatic heterocycles. The Kier molecular flexibility index (Phi) is 5.74. The van der Waals surface area contributed by atoms with Crippen LogP contribution in [0.2, 0.25) is 0 Å². The lowest BCUT2D eigenvalue weighted by Crippen LogP contribution is -2.59. The van der Waals surface area contributed by atoms with Crippen LogP contribution in [0.4, 0.5) is 0 Å². The van der Waals surface area contributed by atoms with Gasteiger partial charge in [-0.2, -0.15) is 0 Å². The number of hydrogen-bond acceptors (Lipinski definition) is 3. The van der Waals surface area contributed by atoms with Gasteiger partial charge in [0.05, 0.1) is 10.5 Å². The normalized spacial score (nSPS) is 19.3. The average molecular weight is 285 g/mol. The quantitative estimate of drug-likeness (QED) is 0.780. The summed E-state index contributed by atoms with van der Waals surface area (Å²) in [5.41, 5.74) is 5.53. The Morgan fingerprint density at radius 2 is 1.84 bits per heavy atom. The van der Waals surface area contributed by atoms with Gasteiger partial charge in [0.25, 0.3) is 0 Å². The maximum Gasteiger partial charge on any atom is 0.222 e. The van der Waals surface area contributed by atoms with E-state index in [0.717, 1.165) is 32.6 Å². The zero-order valence-corrected chi connectivity index (χ0v) is 13.4. The summed E-state index contributed by atoms with van der Waals surface area (Å²) in [7, 11) is 0. The molecule has 1 heterocycles. The number of nitrogens with zero attached hydrogens (tertiary/aromatic N) is 2. The predicted octanol–water partition coefficient (Wildman–Crippen LogP) is 1.63. The van der Waals surface area contributed by atoms with Crippen LogP contribution in [0.25, 0.3) is 0 Å². The van der Waals surface area contributed by atoms with Gasteiger partial charge in [-0.15, -0.1) is 0 Å². The number of carbonyl (C=O) groups is 1. The fourth-order valence-electron chi connectivity index (χ4n) is 2.24. The molecule has 1 saturated heterocycles. The minimum absolute atomic E-state index is 0.263. The van der Waals surface area contributed by atoms with E-state index in [-0.39, 0.29) is 11.4 Å². The number of carbonyl (C=O) groups excluding carboxylic acids is 1. The third-order valence-corrected chi connectivity index (χ3v) is 4.75. The van der Waals surface area contributed by atoms with Crippen molar-refractivity contribution in [3.05, 3.63) is 0 Å². The number of thiocarbonyl (C=S) groups is 1. The van der Waals surface area contributed by atoms with Crippen LogP contribution in [-0.2, 0) is 4.79 Å². The molecule has 0 spiro atoms. The SMILES string of the molecule is CCC(C)CC(=O)N1CCN(C(C)(C)C(N)=S)CC1. The van der Waals surface area contributed by atoms with E-state index >= 15 is 0 Å². The second-order valence-corrected chi connectivity index (χ2v) is 6.45. The van der Waals surface area contributed by atoms with Gasteiger partial charge in [-0.3, -0.25) is 9.69 Å². The molecule has 0 aromatic rings. The lowest BCUT2D eigenvalue weighted by atomic mass is 10.0. The van der Waals surface area contributed by atoms with E-state index in [1.54, 1.807) is 0 Å². The summed E-state index contributed by atoms with van der Waals surface area (Å²) in [6.07, 6.45) is 1.72. The van der Waals surface area contributed by atoms with Gasteiger partial charge in [-0.25, -0.2) is 0 Å². The maximum atomic E-state index is 12.1. The summed E-state index contributed by atoms with van der Waals surface area (Å²) in [5, 5.41) is 0. The zero-order chi connectivity index (χ0) is 14.6. The molecule has 0 bridgehead atoms. The second-order valence-electron chi connectivity index (χ2n) is 6.01. The summed E-state index contributed by atoms with van der Waals surface area (Å²) in [4.78, 5) is 16.9. The van der Waals surface area contributed by atoms with E-state index in [4.69, 9.17) is 18.0 Å². The van der Waals surface area contributed by atoms with E-state index in [1.807, 2.05) is 18.7 Å². The molecule has 5 heteroatoms. The van der Waals surface area contributed by atoms with Crippen molar-refractivity contribution >= 4 is 23.1 Å². The van der Waals surface area contributed by atoms with Gasteiger partial charge in [-0.05, 0) is 19.8 Å². The zero-order valence-electron chi connectivity index (χ0n) is 12.6. The highest BCUT2D eigenvalue weighted by atomic mass is 32.1. The summed E-state index contributed by atoms with van der Waals surface area (Å²) < 4.78 is 0. The largest absolute Gasteiger partial charge is 0.392 e. The van der Waals surface area contributed by atoms with Gasteiger partial charge in [0.2, 0.25) is 5.91 Å². The van der Waals surface area contributed by atoms with Crippen LogP contribution in [0.3, 0.4) is 0 Å². The highest BCUT2D eigenvalue weighted by Gasteiger charge is 2.33. The number of amides is 1. The van der Waals surface area contributed by atoms with Crippen LogP contribution in [-0.4, -0.2) is 52.4 Å². The molecule has 1 amide bonds. The van der Waals surface area contributed by atoms with Crippen LogP contribution in [0.5, 0.6) is 0 Å². The standard InChI is InChI=1S/C14H27N3OS/c1-5-11(2)10-12(18)16-6-8-17(9-7-16)14(3,4)13(15)19/h11H,5-10H2,1-4H3,(H2,15,19). The molecule has 1 fully saturated rings. The minimum Gasteiger partial charge on any atom is -0.392 e. The Morgan fingerprint density at radius 1 is 1.32 bits per heavy atom. The first-order chi connectivity index (χ1) is 8.78. The molecule has 0 aromatic carbocycles. The Balaban J connectivity index is 2.49. The number of nitrogens with two attached hydrogens (primary N) is 1. The van der Waals surface area contributed by atoms with Crippen molar-refractivity contribution in [3.63, 3.8) is 0 Å². The molecular formula is C14H27N3OS. The van der Waals surface area contributed by atoms with E-state index in [9.17, 15) is 4.79 Å². The minimum atomic E-state index is -0.263. The fourth-order valence-corrected chi connectivity index (χ4v) is 2.37. The van der Waals surface area contributed by atoms with Gasteiger partial charge < -0.3 is 10.6 Å². The third kappa shape index (κ3) is 4.14. The van der Waals surface area contributed by atoms with Crippen molar-refractivity contribution in [3.8, 4) is 0 Å². The Bertz CT molecular complexity index is 336. The predicted molar refractivity (Wildman–Crippen MR) is 83.1 cm³/mol. The van der Waals surface area contributed by atoms with Crippen molar-refractivity contribution < 1.29 is 4.79 Å². The van der Waals surface area contributed by atoms with Gasteiger partial charge in [-0.1, -0.05) is 32.5 Å². The molecule has 1 unspecified atom stereocenters. The molecule has 0 radical (unpaired) electrons. The monoisotopic (exact) mass is 285 g/mol. The van der Waals surface area contributed by atoms with Gasteiger partial charge in [0, 0.05) is 32.6 Å². The topological polar surface area (TPSA) is 49.6 Å². The van der Waals surface area contributed by atoms with Crippen molar-refractivity contribution in [2.45, 2.75) is 46.1 Å². The third-order valence-electron chi connectivity index (χ3n) is 4.25. The lowest BCUT2D eigenvalue weighted by molar-refractivity contribution is -0.134. The first-order valence-corrected chi connectivity index (χ1v) is 7.52. The van der Waals surface area contributed by atoms with Crippen molar-refractivity contribution in [2.24, 2.45) is 11.7 Å². The molecule has 1 atom stereocenters. The Hall–Kier alpha value is -0.680. The van der Waals surface area contributed by atoms with Gasteiger partial charge >= 0.3 is 0 Å². The van der Waals surface area contributed by atoms with Gasteiger partial charge in [0.1, 0.15) is 0 Å². The number of rotatable bonds is 5. The highest BCUT2D eigenvalue weighted by molar-refractivity contribution is 7.80. The Labute approximate surface area is 122 Å². The van der Waals surface area contributed by atoms with Crippen molar-refractivity contribution in [1.82, 2.24) is 9.80 Å². The molecule has 2 N–H and O–H groups in total. The summed E-state index contributed by atoms with van der Waals surface area (Å²) >= 11 is 5.12. The molecule has 19 heavy (non-hydrogen) atoms.